The van der Waals surface area contributed by atoms with Gasteiger partial charge in [0.2, 0.25) is 0 Å². The molecule has 0 bridgehead atoms. The van der Waals surface area contributed by atoms with Gasteiger partial charge in [0, 0.05) is 6.42 Å². The number of nitrogens with zero attached hydrogens (tertiary/aromatic N) is 1. The van der Waals surface area contributed by atoms with E-state index in [0.717, 1.165) is 30.8 Å². The van der Waals surface area contributed by atoms with Crippen LogP contribution in [0.2, 0.25) is 0 Å². The molecule has 0 spiro atoms. The minimum absolute atomic E-state index is 0.360. The second kappa shape index (κ2) is 9.25. The average molecular weight is 275 g/mol. The molecule has 0 fully saturated rings. The smallest absolute Gasteiger partial charge is 0.161 e. The molecule has 0 heterocycles. The Morgan fingerprint density at radius 3 is 2.35 bits per heavy atom. The molecule has 0 N–H and O–H groups in total. The summed E-state index contributed by atoms with van der Waals surface area (Å²) in [5.74, 6) is 2.00. The molecule has 0 aliphatic rings. The predicted molar refractivity (Wildman–Crippen MR) is 81.3 cm³/mol. The van der Waals surface area contributed by atoms with Gasteiger partial charge < -0.3 is 9.47 Å². The second-order valence-corrected chi connectivity index (χ2v) is 5.00. The maximum absolute atomic E-state index is 8.68. The normalized spacial score (nSPS) is 11.7. The molecule has 110 valence electrons. The molecule has 1 unspecified atom stereocenters. The van der Waals surface area contributed by atoms with Crippen molar-refractivity contribution in [3.05, 3.63) is 23.8 Å². The summed E-state index contributed by atoms with van der Waals surface area (Å²) < 4.78 is 11.5. The zero-order valence-electron chi connectivity index (χ0n) is 12.8. The summed E-state index contributed by atoms with van der Waals surface area (Å²) in [5.41, 5.74) is 1.20. The van der Waals surface area contributed by atoms with E-state index in [0.29, 0.717) is 25.6 Å². The Balaban J connectivity index is 2.85. The number of benzene rings is 1. The average Bonchev–Trinajstić information content (AvgIpc) is 2.48. The van der Waals surface area contributed by atoms with Crippen molar-refractivity contribution in [3.8, 4) is 17.6 Å². The van der Waals surface area contributed by atoms with Crippen molar-refractivity contribution in [3.63, 3.8) is 0 Å². The van der Waals surface area contributed by atoms with Crippen molar-refractivity contribution in [2.75, 3.05) is 13.2 Å². The molecule has 0 amide bonds. The predicted octanol–water partition coefficient (Wildman–Crippen LogP) is 4.67. The minimum Gasteiger partial charge on any atom is -0.490 e. The number of hydrogen-bond donors (Lipinski definition) is 0. The number of rotatable bonds is 9. The highest BCUT2D eigenvalue weighted by atomic mass is 16.5. The molecule has 1 aromatic rings. The fourth-order valence-electron chi connectivity index (χ4n) is 1.93. The Bertz CT molecular complexity index is 437. The largest absolute Gasteiger partial charge is 0.490 e. The van der Waals surface area contributed by atoms with Gasteiger partial charge in [-0.2, -0.15) is 5.26 Å². The van der Waals surface area contributed by atoms with Gasteiger partial charge in [-0.1, -0.05) is 26.8 Å². The zero-order chi connectivity index (χ0) is 14.8. The van der Waals surface area contributed by atoms with Gasteiger partial charge in [-0.05, 0) is 42.9 Å². The van der Waals surface area contributed by atoms with Gasteiger partial charge in [-0.15, -0.1) is 0 Å². The van der Waals surface area contributed by atoms with Crippen LogP contribution in [-0.2, 0) is 0 Å². The van der Waals surface area contributed by atoms with Crippen LogP contribution in [0.3, 0.4) is 0 Å². The summed E-state index contributed by atoms with van der Waals surface area (Å²) in [6.07, 6.45) is 3.41. The lowest BCUT2D eigenvalue weighted by Gasteiger charge is -2.16. The van der Waals surface area contributed by atoms with Gasteiger partial charge >= 0.3 is 0 Å². The van der Waals surface area contributed by atoms with Crippen LogP contribution in [-0.4, -0.2) is 13.2 Å². The molecule has 3 heteroatoms. The molecular weight excluding hydrogens is 250 g/mol. The molecule has 0 saturated carbocycles. The molecular formula is C17H25NO2. The Labute approximate surface area is 122 Å². The van der Waals surface area contributed by atoms with Crippen LogP contribution in [0.15, 0.2) is 18.2 Å². The molecule has 1 atom stereocenters. The first-order valence-electron chi connectivity index (χ1n) is 7.49. The highest BCUT2D eigenvalue weighted by Gasteiger charge is 2.11. The third-order valence-corrected chi connectivity index (χ3v) is 3.15. The molecule has 0 aliphatic heterocycles. The van der Waals surface area contributed by atoms with Crippen molar-refractivity contribution < 1.29 is 9.47 Å². The third kappa shape index (κ3) is 5.13. The van der Waals surface area contributed by atoms with Crippen LogP contribution in [0.5, 0.6) is 11.5 Å². The van der Waals surface area contributed by atoms with Crippen molar-refractivity contribution >= 4 is 0 Å². The van der Waals surface area contributed by atoms with Crippen LogP contribution < -0.4 is 9.47 Å². The Kier molecular flexibility index (Phi) is 7.57. The molecule has 20 heavy (non-hydrogen) atoms. The van der Waals surface area contributed by atoms with Crippen molar-refractivity contribution in [1.29, 1.82) is 5.26 Å². The van der Waals surface area contributed by atoms with Crippen molar-refractivity contribution in [1.82, 2.24) is 0 Å². The molecule has 0 aromatic heterocycles. The summed E-state index contributed by atoms with van der Waals surface area (Å²) in [4.78, 5) is 0. The maximum Gasteiger partial charge on any atom is 0.161 e. The van der Waals surface area contributed by atoms with Crippen LogP contribution in [0.4, 0.5) is 0 Å². The van der Waals surface area contributed by atoms with Crippen molar-refractivity contribution in [2.45, 2.75) is 52.4 Å². The Morgan fingerprint density at radius 2 is 1.75 bits per heavy atom. The molecule has 0 saturated heterocycles. The first kappa shape index (κ1) is 16.4. The number of nitriles is 1. The van der Waals surface area contributed by atoms with E-state index in [-0.39, 0.29) is 0 Å². The highest BCUT2D eigenvalue weighted by molar-refractivity contribution is 5.44. The Hall–Kier alpha value is -1.69. The fraction of sp³-hybridized carbons (Fsp3) is 0.588. The molecule has 1 aromatic carbocycles. The van der Waals surface area contributed by atoms with Gasteiger partial charge in [0.1, 0.15) is 0 Å². The van der Waals surface area contributed by atoms with Crippen molar-refractivity contribution in [2.24, 2.45) is 0 Å². The first-order chi connectivity index (χ1) is 9.72. The summed E-state index contributed by atoms with van der Waals surface area (Å²) in [6.45, 7) is 7.71. The number of ether oxygens (including phenoxy) is 2. The van der Waals surface area contributed by atoms with Crippen LogP contribution >= 0.6 is 0 Å². The molecule has 0 aliphatic carbocycles. The second-order valence-electron chi connectivity index (χ2n) is 5.00. The lowest BCUT2D eigenvalue weighted by molar-refractivity contribution is 0.268. The van der Waals surface area contributed by atoms with Gasteiger partial charge in [-0.3, -0.25) is 0 Å². The minimum atomic E-state index is 0.360. The summed E-state index contributed by atoms with van der Waals surface area (Å²) in [5, 5.41) is 8.68. The van der Waals surface area contributed by atoms with E-state index in [1.807, 2.05) is 6.07 Å². The fourth-order valence-corrected chi connectivity index (χ4v) is 1.93. The van der Waals surface area contributed by atoms with E-state index in [1.165, 1.54) is 5.56 Å². The van der Waals surface area contributed by atoms with E-state index in [1.54, 1.807) is 0 Å². The van der Waals surface area contributed by atoms with Crippen LogP contribution in [0, 0.1) is 11.3 Å². The van der Waals surface area contributed by atoms with E-state index in [9.17, 15) is 0 Å². The van der Waals surface area contributed by atoms with E-state index in [4.69, 9.17) is 14.7 Å². The van der Waals surface area contributed by atoms with Crippen LogP contribution in [0.25, 0.3) is 0 Å². The van der Waals surface area contributed by atoms with E-state index < -0.39 is 0 Å². The van der Waals surface area contributed by atoms with Gasteiger partial charge in [0.05, 0.1) is 19.3 Å². The Morgan fingerprint density at radius 1 is 1.10 bits per heavy atom. The standard InChI is InChI=1S/C17H25NO2/c1-4-11-19-16-9-8-15(14(3)7-6-10-18)13-17(16)20-12-5-2/h8-9,13-14H,4-7,11-12H2,1-3H3. The maximum atomic E-state index is 8.68. The molecule has 1 rings (SSSR count). The lowest BCUT2D eigenvalue weighted by atomic mass is 9.96. The summed E-state index contributed by atoms with van der Waals surface area (Å²) in [7, 11) is 0. The van der Waals surface area contributed by atoms with Crippen LogP contribution in [0.1, 0.15) is 57.9 Å². The molecule has 3 nitrogen and oxygen atoms in total. The number of hydrogen-bond acceptors (Lipinski definition) is 3. The lowest BCUT2D eigenvalue weighted by Crippen LogP contribution is -2.03. The van der Waals surface area contributed by atoms with Gasteiger partial charge in [0.15, 0.2) is 11.5 Å². The first-order valence-corrected chi connectivity index (χ1v) is 7.49. The highest BCUT2D eigenvalue weighted by Crippen LogP contribution is 2.32. The zero-order valence-corrected chi connectivity index (χ0v) is 12.8. The van der Waals surface area contributed by atoms with E-state index in [2.05, 4.69) is 39.0 Å². The topological polar surface area (TPSA) is 42.2 Å². The third-order valence-electron chi connectivity index (χ3n) is 3.15. The molecule has 0 radical (unpaired) electrons. The quantitative estimate of drug-likeness (QED) is 0.657. The van der Waals surface area contributed by atoms with Gasteiger partial charge in [0.25, 0.3) is 0 Å². The van der Waals surface area contributed by atoms with E-state index >= 15 is 0 Å². The summed E-state index contributed by atoms with van der Waals surface area (Å²) >= 11 is 0. The monoisotopic (exact) mass is 275 g/mol. The summed E-state index contributed by atoms with van der Waals surface area (Å²) in [6, 6.07) is 8.32. The van der Waals surface area contributed by atoms with Gasteiger partial charge in [-0.25, -0.2) is 0 Å². The SMILES string of the molecule is CCCOc1ccc(C(C)CCC#N)cc1OCCC.